The number of nitrogens with two attached hydrogens (primary N) is 1. The zero-order chi connectivity index (χ0) is 47.7. The average molecular weight is 959 g/mol. The van der Waals surface area contributed by atoms with Crippen LogP contribution in [-0.4, -0.2) is 118 Å². The van der Waals surface area contributed by atoms with Crippen LogP contribution in [0.25, 0.3) is 10.9 Å². The predicted octanol–water partition coefficient (Wildman–Crippen LogP) is 3.85. The van der Waals surface area contributed by atoms with E-state index in [0.717, 1.165) is 18.2 Å². The molecule has 0 radical (unpaired) electrons. The lowest BCUT2D eigenvalue weighted by atomic mass is 10.0. The number of H-pyrrole nitrogens is 1. The fourth-order valence-corrected chi connectivity index (χ4v) is 9.13. The maximum Gasteiger partial charge on any atom is 0.399 e. The molecule has 23 heteroatoms. The number of likely N-dealkylation sites (N-methyl/N-ethyl adjacent to an activating group) is 1. The van der Waals surface area contributed by atoms with Crippen molar-refractivity contribution in [3.8, 4) is 5.75 Å². The van der Waals surface area contributed by atoms with Crippen molar-refractivity contribution in [3.05, 3.63) is 93.9 Å². The van der Waals surface area contributed by atoms with Gasteiger partial charge in [0.25, 0.3) is 5.91 Å². The Morgan fingerprint density at radius 3 is 2.52 bits per heavy atom. The molecule has 4 atom stereocenters. The molecule has 3 fully saturated rings. The highest BCUT2D eigenvalue weighted by Crippen LogP contribution is 2.59. The van der Waals surface area contributed by atoms with E-state index in [9.17, 15) is 51.9 Å². The Labute approximate surface area is 380 Å². The van der Waals surface area contributed by atoms with Gasteiger partial charge in [-0.3, -0.25) is 38.8 Å². The number of hydrogen-bond acceptors (Lipinski definition) is 9. The average Bonchev–Trinajstić information content (AvgIpc) is 3.89. The van der Waals surface area contributed by atoms with Gasteiger partial charge in [-0.05, 0) is 86.8 Å². The van der Waals surface area contributed by atoms with Gasteiger partial charge in [0.1, 0.15) is 36.0 Å². The maximum atomic E-state index is 15.4. The van der Waals surface area contributed by atoms with Gasteiger partial charge in [-0.15, -0.1) is 0 Å². The molecule has 3 aromatic carbocycles. The molecular weight excluding hydrogens is 912 g/mol. The van der Waals surface area contributed by atoms with E-state index in [0.29, 0.717) is 24.9 Å². The number of carbonyl (C=O) groups excluding carboxylic acids is 6. The number of nitrogens with one attached hydrogen (secondary N) is 4. The van der Waals surface area contributed by atoms with E-state index in [2.05, 4.69) is 20.9 Å². The van der Waals surface area contributed by atoms with Crippen molar-refractivity contribution >= 4 is 71.4 Å². The number of ether oxygens (including phenoxy) is 1. The molecule has 66 heavy (non-hydrogen) atoms. The van der Waals surface area contributed by atoms with Crippen LogP contribution in [-0.2, 0) is 35.8 Å². The molecule has 0 aliphatic carbocycles. The van der Waals surface area contributed by atoms with Crippen molar-refractivity contribution in [2.75, 3.05) is 38.2 Å². The highest BCUT2D eigenvalue weighted by molar-refractivity contribution is 7.52. The monoisotopic (exact) mass is 958 g/mol. The highest BCUT2D eigenvalue weighted by atomic mass is 35.5. The van der Waals surface area contributed by atoms with Gasteiger partial charge >= 0.3 is 19.3 Å². The maximum absolute atomic E-state index is 15.4. The van der Waals surface area contributed by atoms with E-state index in [1.165, 1.54) is 28.0 Å². The number of rotatable bonds is 15. The van der Waals surface area contributed by atoms with Crippen LogP contribution in [0.5, 0.6) is 5.75 Å². The number of aromatic amines is 1. The lowest BCUT2D eigenvalue weighted by Gasteiger charge is -2.38. The Hall–Kier alpha value is -5.99. The molecule has 0 spiro atoms. The van der Waals surface area contributed by atoms with Crippen LogP contribution in [0.15, 0.2) is 60.7 Å². The summed E-state index contributed by atoms with van der Waals surface area (Å²) in [5.74, 6) is -3.28. The number of imide groups is 1. The molecule has 0 bridgehead atoms. The third kappa shape index (κ3) is 10.5. The van der Waals surface area contributed by atoms with Crippen LogP contribution in [0.2, 0.25) is 5.02 Å². The topological polar surface area (TPSA) is 257 Å². The molecule has 3 aliphatic rings. The Morgan fingerprint density at radius 2 is 1.80 bits per heavy atom. The number of hydrogen-bond donors (Lipinski definition) is 7. The largest absolute Gasteiger partial charge is 0.490 e. The number of urea groups is 1. The van der Waals surface area contributed by atoms with Crippen molar-refractivity contribution in [1.82, 2.24) is 30.7 Å². The molecule has 1 aromatic heterocycles. The number of benzene rings is 3. The van der Waals surface area contributed by atoms with E-state index >= 15 is 4.39 Å². The summed E-state index contributed by atoms with van der Waals surface area (Å²) in [6.07, 6.45) is 1.37. The Morgan fingerprint density at radius 1 is 1.03 bits per heavy atom. The normalized spacial score (nSPS) is 20.0. The third-order valence-corrected chi connectivity index (χ3v) is 13.4. The van der Waals surface area contributed by atoms with Crippen LogP contribution in [0.1, 0.15) is 65.7 Å². The SMILES string of the molecule is CN1CC[C@H]2CC[C@@H](C(=O)N[C@@H](CCC(N)=O)COc3cccc(Cc4ccc(N5CCC(=O)NC5=O)cc4F)c3Cl)N2C(=O)[C@@H](NC(=O)c2cc3cc(C(F)(F)P(=O)(O)O)ccc3[nH]2)C1. The summed E-state index contributed by atoms with van der Waals surface area (Å²) in [5.41, 5.74) is 1.21. The number of amides is 7. The zero-order valence-electron chi connectivity index (χ0n) is 35.4. The van der Waals surface area contributed by atoms with Gasteiger partial charge in [0, 0.05) is 60.5 Å². The van der Waals surface area contributed by atoms with Gasteiger partial charge in [-0.25, -0.2) is 9.18 Å². The first-order valence-corrected chi connectivity index (χ1v) is 23.0. The Kier molecular flexibility index (Phi) is 14.1. The molecule has 7 amide bonds. The lowest BCUT2D eigenvalue weighted by molar-refractivity contribution is -0.143. The zero-order valence-corrected chi connectivity index (χ0v) is 37.0. The molecule has 0 unspecified atom stereocenters. The van der Waals surface area contributed by atoms with Crippen molar-refractivity contribution < 1.29 is 61.0 Å². The molecular formula is C43H47ClF3N8O10P. The minimum Gasteiger partial charge on any atom is -0.490 e. The summed E-state index contributed by atoms with van der Waals surface area (Å²) in [4.78, 5) is 104. The predicted molar refractivity (Wildman–Crippen MR) is 233 cm³/mol. The fourth-order valence-electron chi connectivity index (χ4n) is 8.41. The number of primary amides is 1. The molecule has 3 aliphatic heterocycles. The quantitative estimate of drug-likeness (QED) is 0.0843. The molecule has 4 aromatic rings. The van der Waals surface area contributed by atoms with Crippen molar-refractivity contribution in [1.29, 1.82) is 0 Å². The van der Waals surface area contributed by atoms with Crippen LogP contribution in [0.4, 0.5) is 23.7 Å². The second-order valence-electron chi connectivity index (χ2n) is 16.6. The molecule has 0 saturated carbocycles. The summed E-state index contributed by atoms with van der Waals surface area (Å²) < 4.78 is 61.8. The van der Waals surface area contributed by atoms with Crippen LogP contribution < -0.4 is 31.3 Å². The summed E-state index contributed by atoms with van der Waals surface area (Å²) in [5, 5.41) is 8.05. The number of aromatic nitrogens is 1. The molecule has 352 valence electrons. The minimum absolute atomic E-state index is 0.0462. The Bertz CT molecular complexity index is 2630. The van der Waals surface area contributed by atoms with Gasteiger partial charge in [0.15, 0.2) is 0 Å². The first-order chi connectivity index (χ1) is 31.2. The van der Waals surface area contributed by atoms with E-state index in [1.54, 1.807) is 31.3 Å². The van der Waals surface area contributed by atoms with Crippen LogP contribution in [0, 0.1) is 5.82 Å². The molecule has 7 rings (SSSR count). The number of nitrogens with zero attached hydrogens (tertiary/aromatic N) is 3. The van der Waals surface area contributed by atoms with Crippen molar-refractivity contribution in [2.24, 2.45) is 5.73 Å². The summed E-state index contributed by atoms with van der Waals surface area (Å²) in [6.45, 7) is 0.510. The molecule has 8 N–H and O–H groups in total. The fraction of sp³-hybridized carbons (Fsp3) is 0.395. The van der Waals surface area contributed by atoms with E-state index in [1.807, 2.05) is 4.90 Å². The van der Waals surface area contributed by atoms with E-state index in [4.69, 9.17) is 22.1 Å². The number of fused-ring (bicyclic) bond motifs is 2. The van der Waals surface area contributed by atoms with Gasteiger partial charge in [-0.2, -0.15) is 8.78 Å². The van der Waals surface area contributed by atoms with Gasteiger partial charge in [0.2, 0.25) is 23.6 Å². The molecule has 4 heterocycles. The number of carbonyl (C=O) groups is 6. The van der Waals surface area contributed by atoms with Crippen LogP contribution >= 0.6 is 19.2 Å². The number of halogens is 4. The Balaban J connectivity index is 1.03. The van der Waals surface area contributed by atoms with Crippen LogP contribution in [0.3, 0.4) is 0 Å². The smallest absolute Gasteiger partial charge is 0.399 e. The molecule has 3 saturated heterocycles. The molecule has 18 nitrogen and oxygen atoms in total. The first-order valence-electron chi connectivity index (χ1n) is 21.0. The third-order valence-electron chi connectivity index (χ3n) is 11.9. The van der Waals surface area contributed by atoms with Gasteiger partial charge in [-0.1, -0.05) is 35.9 Å². The number of anilines is 1. The second-order valence-corrected chi connectivity index (χ2v) is 18.6. The standard InChI is InChI=1S/C43H47ClF3N8O10P/c1-53-15-13-28-9-11-34(55(28)41(60)33(21-53)51-39(58)32-19-25-18-26(6-10-31(25)50-32)43(46,47)66(62,63)64)40(59)49-27(7-12-36(48)56)22-65-35-4-2-3-24(38(35)44)17-23-5-8-29(20-30(23)45)54-16-14-37(57)52-42(54)61/h2-6,8,10,18-20,27-28,33-34,50H,7,9,11-17,21-22H2,1H3,(H2,48,56)(H,49,59)(H,51,58)(H,52,57,61)(H2,62,63,64)/t27-,28+,33-,34-/m0/s1. The summed E-state index contributed by atoms with van der Waals surface area (Å²) >= 11 is 6.76. The first kappa shape index (κ1) is 48.0. The summed E-state index contributed by atoms with van der Waals surface area (Å²) in [6, 6.07) is 9.33. The second kappa shape index (κ2) is 19.5. The van der Waals surface area contributed by atoms with Gasteiger partial charge < -0.3 is 45.7 Å². The van der Waals surface area contributed by atoms with Crippen molar-refractivity contribution in [2.45, 2.75) is 74.8 Å². The van der Waals surface area contributed by atoms with Gasteiger partial charge in [0.05, 0.1) is 11.1 Å². The summed E-state index contributed by atoms with van der Waals surface area (Å²) in [7, 11) is -4.08. The van der Waals surface area contributed by atoms with E-state index in [-0.39, 0.29) is 96.5 Å². The highest BCUT2D eigenvalue weighted by Gasteiger charge is 2.50. The number of alkyl halides is 2. The minimum atomic E-state index is -5.85. The lowest BCUT2D eigenvalue weighted by Crippen LogP contribution is -2.60. The van der Waals surface area contributed by atoms with Crippen molar-refractivity contribution in [3.63, 3.8) is 0 Å². The van der Waals surface area contributed by atoms with E-state index < -0.39 is 78.3 Å².